The number of hydrogen-bond acceptors (Lipinski definition) is 2. The van der Waals surface area contributed by atoms with Gasteiger partial charge >= 0.3 is 0 Å². The van der Waals surface area contributed by atoms with Gasteiger partial charge in [0.2, 0.25) is 0 Å². The second-order valence-corrected chi connectivity index (χ2v) is 1.88. The van der Waals surface area contributed by atoms with Gasteiger partial charge in [-0.05, 0) is 25.9 Å². The molecule has 0 aromatic carbocycles. The highest BCUT2D eigenvalue weighted by Gasteiger charge is 1.92. The van der Waals surface area contributed by atoms with Gasteiger partial charge in [0.25, 0.3) is 0 Å². The number of hydrogen-bond donors (Lipinski definition) is 2. The number of nitrogens with one attached hydrogen (secondary N) is 2. The van der Waals surface area contributed by atoms with Crippen molar-refractivity contribution >= 4 is 0 Å². The molecule has 0 aromatic heterocycles. The fourth-order valence-electron chi connectivity index (χ4n) is 0.765. The van der Waals surface area contributed by atoms with Crippen molar-refractivity contribution in [2.45, 2.75) is 12.8 Å². The van der Waals surface area contributed by atoms with Gasteiger partial charge in [0.15, 0.2) is 0 Å². The number of rotatable bonds is 0. The predicted octanol–water partition coefficient (Wildman–Crippen LogP) is -0.908. The molecule has 0 radical (unpaired) electrons. The van der Waals surface area contributed by atoms with Crippen molar-refractivity contribution in [1.29, 1.82) is 0 Å². The van der Waals surface area contributed by atoms with Crippen molar-refractivity contribution < 1.29 is 5.48 Å². The van der Waals surface area contributed by atoms with E-state index in [2.05, 4.69) is 10.6 Å². The van der Waals surface area contributed by atoms with E-state index in [1.807, 2.05) is 0 Å². The van der Waals surface area contributed by atoms with E-state index in [9.17, 15) is 0 Å². The van der Waals surface area contributed by atoms with Crippen LogP contribution in [-0.2, 0) is 0 Å². The Morgan fingerprint density at radius 2 is 1.38 bits per heavy atom. The summed E-state index contributed by atoms with van der Waals surface area (Å²) in [4.78, 5) is 0. The summed E-state index contributed by atoms with van der Waals surface area (Å²) in [5.41, 5.74) is 0. The Morgan fingerprint density at radius 3 is 1.88 bits per heavy atom. The molecule has 4 N–H and O–H groups in total. The summed E-state index contributed by atoms with van der Waals surface area (Å²) in [7, 11) is 0. The van der Waals surface area contributed by atoms with Crippen LogP contribution in [-0.4, -0.2) is 25.2 Å². The summed E-state index contributed by atoms with van der Waals surface area (Å²) < 4.78 is 0. The fourth-order valence-corrected chi connectivity index (χ4v) is 0.765. The van der Waals surface area contributed by atoms with Crippen LogP contribution in [0.15, 0.2) is 0 Å². The van der Waals surface area contributed by atoms with E-state index in [1.54, 1.807) is 0 Å². The molecular formula is C5H14N2O. The summed E-state index contributed by atoms with van der Waals surface area (Å²) in [5, 5.41) is 6.47. The van der Waals surface area contributed by atoms with Crippen LogP contribution in [0.2, 0.25) is 0 Å². The Hall–Kier alpha value is -0.120. The molecule has 0 atom stereocenters. The van der Waals surface area contributed by atoms with Crippen LogP contribution in [0.25, 0.3) is 0 Å². The standard InChI is InChI=1S/C5H12N2.H2O/c1-2-4-7-5-6-3-1;/h6-7H,1-5H2;1H2. The molecule has 3 heteroatoms. The van der Waals surface area contributed by atoms with E-state index in [0.717, 1.165) is 6.67 Å². The first-order valence-electron chi connectivity index (χ1n) is 2.91. The largest absolute Gasteiger partial charge is 0.412 e. The molecule has 50 valence electrons. The minimum absolute atomic E-state index is 0. The minimum atomic E-state index is 0. The van der Waals surface area contributed by atoms with Crippen LogP contribution in [0.1, 0.15) is 12.8 Å². The monoisotopic (exact) mass is 118 g/mol. The molecule has 1 rings (SSSR count). The van der Waals surface area contributed by atoms with Crippen LogP contribution in [0.5, 0.6) is 0 Å². The van der Waals surface area contributed by atoms with Crippen LogP contribution >= 0.6 is 0 Å². The third kappa shape index (κ3) is 2.96. The summed E-state index contributed by atoms with van der Waals surface area (Å²) in [6.07, 6.45) is 2.65. The van der Waals surface area contributed by atoms with Crippen molar-refractivity contribution in [3.05, 3.63) is 0 Å². The van der Waals surface area contributed by atoms with Crippen molar-refractivity contribution in [3.8, 4) is 0 Å². The third-order valence-corrected chi connectivity index (χ3v) is 1.21. The van der Waals surface area contributed by atoms with Gasteiger partial charge in [-0.2, -0.15) is 0 Å². The van der Waals surface area contributed by atoms with E-state index < -0.39 is 0 Å². The second kappa shape index (κ2) is 5.03. The van der Waals surface area contributed by atoms with Crippen molar-refractivity contribution in [1.82, 2.24) is 10.6 Å². The molecule has 0 spiro atoms. The Balaban J connectivity index is 0.000000490. The van der Waals surface area contributed by atoms with Crippen molar-refractivity contribution in [3.63, 3.8) is 0 Å². The summed E-state index contributed by atoms with van der Waals surface area (Å²) in [6.45, 7) is 3.38. The highest BCUT2D eigenvalue weighted by atomic mass is 16.0. The van der Waals surface area contributed by atoms with Gasteiger partial charge in [-0.15, -0.1) is 0 Å². The van der Waals surface area contributed by atoms with Gasteiger partial charge in [0, 0.05) is 6.67 Å². The highest BCUT2D eigenvalue weighted by Crippen LogP contribution is 1.85. The molecule has 0 aliphatic carbocycles. The Morgan fingerprint density at radius 1 is 0.875 bits per heavy atom. The zero-order chi connectivity index (χ0) is 4.95. The van der Waals surface area contributed by atoms with Gasteiger partial charge in [-0.3, -0.25) is 0 Å². The molecule has 1 saturated heterocycles. The topological polar surface area (TPSA) is 55.6 Å². The highest BCUT2D eigenvalue weighted by molar-refractivity contribution is 4.54. The summed E-state index contributed by atoms with van der Waals surface area (Å²) in [5.74, 6) is 0. The zero-order valence-corrected chi connectivity index (χ0v) is 5.04. The average molecular weight is 118 g/mol. The lowest BCUT2D eigenvalue weighted by Crippen LogP contribution is -2.25. The maximum Gasteiger partial charge on any atom is 0.0454 e. The van der Waals surface area contributed by atoms with Crippen LogP contribution in [0.3, 0.4) is 0 Å². The zero-order valence-electron chi connectivity index (χ0n) is 5.04. The molecule has 0 bridgehead atoms. The fraction of sp³-hybridized carbons (Fsp3) is 1.00. The quantitative estimate of drug-likeness (QED) is 0.433. The van der Waals surface area contributed by atoms with Gasteiger partial charge in [0.1, 0.15) is 0 Å². The average Bonchev–Trinajstić information content (AvgIpc) is 1.90. The third-order valence-electron chi connectivity index (χ3n) is 1.21. The molecule has 1 fully saturated rings. The van der Waals surface area contributed by atoms with Crippen LogP contribution in [0.4, 0.5) is 0 Å². The smallest absolute Gasteiger partial charge is 0.0454 e. The molecule has 0 saturated carbocycles. The van der Waals surface area contributed by atoms with Crippen molar-refractivity contribution in [2.24, 2.45) is 0 Å². The maximum absolute atomic E-state index is 3.24. The molecular weight excluding hydrogens is 104 g/mol. The molecule has 0 amide bonds. The van der Waals surface area contributed by atoms with Gasteiger partial charge in [0.05, 0.1) is 0 Å². The lowest BCUT2D eigenvalue weighted by Gasteiger charge is -1.94. The first kappa shape index (κ1) is 7.88. The van der Waals surface area contributed by atoms with E-state index in [0.29, 0.717) is 0 Å². The van der Waals surface area contributed by atoms with E-state index in [-0.39, 0.29) is 5.48 Å². The normalized spacial score (nSPS) is 21.0. The minimum Gasteiger partial charge on any atom is -0.412 e. The van der Waals surface area contributed by atoms with Crippen molar-refractivity contribution in [2.75, 3.05) is 19.8 Å². The Bertz CT molecular complexity index is 30.0. The first-order valence-corrected chi connectivity index (χ1v) is 2.91. The second-order valence-electron chi connectivity index (χ2n) is 1.88. The van der Waals surface area contributed by atoms with Gasteiger partial charge in [-0.1, -0.05) is 0 Å². The predicted molar refractivity (Wildman–Crippen MR) is 33.7 cm³/mol. The van der Waals surface area contributed by atoms with Gasteiger partial charge < -0.3 is 16.1 Å². The Labute approximate surface area is 49.8 Å². The van der Waals surface area contributed by atoms with Crippen LogP contribution in [0, 0.1) is 0 Å². The van der Waals surface area contributed by atoms with Gasteiger partial charge in [-0.25, -0.2) is 0 Å². The van der Waals surface area contributed by atoms with E-state index >= 15 is 0 Å². The molecule has 1 heterocycles. The Kier molecular flexibility index (Phi) is 4.95. The molecule has 1 aliphatic rings. The molecule has 3 nitrogen and oxygen atoms in total. The maximum atomic E-state index is 3.24. The van der Waals surface area contributed by atoms with E-state index in [1.165, 1.54) is 25.9 Å². The summed E-state index contributed by atoms with van der Waals surface area (Å²) >= 11 is 0. The molecule has 8 heavy (non-hydrogen) atoms. The first-order chi connectivity index (χ1) is 3.50. The lowest BCUT2D eigenvalue weighted by molar-refractivity contribution is 0.652. The molecule has 0 unspecified atom stereocenters. The molecule has 1 aliphatic heterocycles. The van der Waals surface area contributed by atoms with Crippen LogP contribution < -0.4 is 10.6 Å². The molecule has 0 aromatic rings. The lowest BCUT2D eigenvalue weighted by atomic mass is 10.3. The summed E-state index contributed by atoms with van der Waals surface area (Å²) in [6, 6.07) is 0. The van der Waals surface area contributed by atoms with E-state index in [4.69, 9.17) is 0 Å². The SMILES string of the molecule is C1CCNCNC1.O.